The number of esters is 1. The van der Waals surface area contributed by atoms with Gasteiger partial charge in [-0.2, -0.15) is 0 Å². The molecule has 7 nitrogen and oxygen atoms in total. The molecule has 0 amide bonds. The van der Waals surface area contributed by atoms with Crippen molar-refractivity contribution in [2.24, 2.45) is 5.92 Å². The number of ether oxygens (including phenoxy) is 2. The minimum Gasteiger partial charge on any atom is -0.464 e. The number of pyridine rings is 1. The van der Waals surface area contributed by atoms with Gasteiger partial charge < -0.3 is 25.1 Å². The number of para-hydroxylation sites is 1. The number of nitrogens with one attached hydrogen (secondary N) is 2. The van der Waals surface area contributed by atoms with Crippen LogP contribution in [0.25, 0.3) is 0 Å². The molecule has 0 spiro atoms. The van der Waals surface area contributed by atoms with E-state index in [0.29, 0.717) is 17.6 Å². The topological polar surface area (TPSA) is 87.5 Å². The molecule has 2 saturated carbocycles. The predicted molar refractivity (Wildman–Crippen MR) is 138 cm³/mol. The van der Waals surface area contributed by atoms with Gasteiger partial charge in [0, 0.05) is 30.4 Å². The monoisotopic (exact) mass is 476 g/mol. The van der Waals surface area contributed by atoms with E-state index in [4.69, 9.17) is 14.9 Å². The summed E-state index contributed by atoms with van der Waals surface area (Å²) in [4.78, 5) is 19.5. The van der Waals surface area contributed by atoms with Crippen LogP contribution in [0, 0.1) is 11.3 Å². The van der Waals surface area contributed by atoms with Crippen LogP contribution < -0.4 is 10.2 Å². The van der Waals surface area contributed by atoms with Crippen molar-refractivity contribution in [2.45, 2.75) is 70.0 Å². The molecule has 3 fully saturated rings. The third kappa shape index (κ3) is 5.35. The minimum absolute atomic E-state index is 0.235. The van der Waals surface area contributed by atoms with E-state index < -0.39 is 5.97 Å². The number of methoxy groups -OCH3 is 1. The first-order valence-electron chi connectivity index (χ1n) is 13.1. The fraction of sp³-hybridized carbons (Fsp3) is 0.536. The van der Waals surface area contributed by atoms with Crippen molar-refractivity contribution in [1.29, 1.82) is 5.41 Å². The standard InChI is InChI=1S/C28H36N4O3/c1-34-28(33)23-18-24(32-16-14-22(15-17-32)35-21-12-5-6-13-21)25(26(29)19-8-7-9-19)27(31-23)30-20-10-3-2-4-11-20/h2-4,10-11,18-19,21-22,29H,5-9,12-17H2,1H3,(H,30,31). The van der Waals surface area contributed by atoms with Gasteiger partial charge in [0.05, 0.1) is 30.6 Å². The van der Waals surface area contributed by atoms with Crippen LogP contribution in [0.1, 0.15) is 73.8 Å². The molecule has 1 aromatic heterocycles. The number of benzene rings is 1. The number of piperidine rings is 1. The fourth-order valence-corrected chi connectivity index (χ4v) is 5.43. The highest BCUT2D eigenvalue weighted by Crippen LogP contribution is 2.38. The van der Waals surface area contributed by atoms with E-state index in [-0.39, 0.29) is 17.7 Å². The first-order chi connectivity index (χ1) is 17.1. The molecule has 7 heteroatoms. The van der Waals surface area contributed by atoms with E-state index in [9.17, 15) is 4.79 Å². The molecule has 0 bridgehead atoms. The number of carbonyl (C=O) groups is 1. The maximum Gasteiger partial charge on any atom is 0.356 e. The van der Waals surface area contributed by atoms with Crippen LogP contribution in [0.15, 0.2) is 36.4 Å². The van der Waals surface area contributed by atoms with Crippen molar-refractivity contribution in [1.82, 2.24) is 4.98 Å². The van der Waals surface area contributed by atoms with E-state index in [1.54, 1.807) is 0 Å². The van der Waals surface area contributed by atoms with Crippen molar-refractivity contribution in [3.8, 4) is 0 Å². The van der Waals surface area contributed by atoms with Crippen LogP contribution in [0.5, 0.6) is 0 Å². The van der Waals surface area contributed by atoms with Crippen LogP contribution in [0.2, 0.25) is 0 Å². The minimum atomic E-state index is -0.469. The zero-order valence-electron chi connectivity index (χ0n) is 20.6. The average molecular weight is 477 g/mol. The number of nitrogens with zero attached hydrogens (tertiary/aromatic N) is 2. The van der Waals surface area contributed by atoms with Crippen molar-refractivity contribution >= 4 is 28.9 Å². The number of rotatable bonds is 8. The summed E-state index contributed by atoms with van der Waals surface area (Å²) < 4.78 is 11.4. The fourth-order valence-electron chi connectivity index (χ4n) is 5.43. The quantitative estimate of drug-likeness (QED) is 0.375. The Labute approximate surface area is 207 Å². The van der Waals surface area contributed by atoms with Crippen molar-refractivity contribution in [3.05, 3.63) is 47.7 Å². The van der Waals surface area contributed by atoms with Gasteiger partial charge in [-0.25, -0.2) is 9.78 Å². The summed E-state index contributed by atoms with van der Waals surface area (Å²) in [6.45, 7) is 1.66. The van der Waals surface area contributed by atoms with Crippen LogP contribution in [0.4, 0.5) is 17.2 Å². The molecule has 1 saturated heterocycles. The Morgan fingerprint density at radius 3 is 2.31 bits per heavy atom. The molecule has 35 heavy (non-hydrogen) atoms. The maximum atomic E-state index is 12.6. The van der Waals surface area contributed by atoms with E-state index >= 15 is 0 Å². The summed E-state index contributed by atoms with van der Waals surface area (Å²) in [5, 5.41) is 12.5. The molecule has 2 heterocycles. The van der Waals surface area contributed by atoms with Gasteiger partial charge in [0.2, 0.25) is 0 Å². The smallest absolute Gasteiger partial charge is 0.356 e. The second kappa shape index (κ2) is 10.8. The van der Waals surface area contributed by atoms with E-state index in [0.717, 1.165) is 62.1 Å². The lowest BCUT2D eigenvalue weighted by Gasteiger charge is -2.37. The highest BCUT2D eigenvalue weighted by atomic mass is 16.5. The van der Waals surface area contributed by atoms with Crippen LogP contribution in [-0.4, -0.2) is 49.1 Å². The van der Waals surface area contributed by atoms with E-state index in [1.807, 2.05) is 36.4 Å². The summed E-state index contributed by atoms with van der Waals surface area (Å²) in [5.74, 6) is 0.318. The number of anilines is 3. The number of hydrogen-bond donors (Lipinski definition) is 2. The van der Waals surface area contributed by atoms with Crippen molar-refractivity contribution in [3.63, 3.8) is 0 Å². The Morgan fingerprint density at radius 2 is 1.69 bits per heavy atom. The molecule has 1 aliphatic heterocycles. The number of hydrogen-bond acceptors (Lipinski definition) is 7. The molecular formula is C28H36N4O3. The van der Waals surface area contributed by atoms with Gasteiger partial charge in [-0.3, -0.25) is 0 Å². The lowest BCUT2D eigenvalue weighted by atomic mass is 9.79. The highest BCUT2D eigenvalue weighted by molar-refractivity contribution is 6.10. The Kier molecular flexibility index (Phi) is 7.32. The molecule has 5 rings (SSSR count). The molecule has 2 aromatic rings. The Morgan fingerprint density at radius 1 is 1.00 bits per heavy atom. The summed E-state index contributed by atoms with van der Waals surface area (Å²) in [5.41, 5.74) is 3.45. The summed E-state index contributed by atoms with van der Waals surface area (Å²) in [6, 6.07) is 11.6. The Bertz CT molecular complexity index is 1040. The lowest BCUT2D eigenvalue weighted by Crippen LogP contribution is -2.39. The Hall–Kier alpha value is -2.93. The third-order valence-corrected chi connectivity index (χ3v) is 7.68. The number of carbonyl (C=O) groups excluding carboxylic acids is 1. The average Bonchev–Trinajstić information content (AvgIpc) is 3.36. The lowest BCUT2D eigenvalue weighted by molar-refractivity contribution is -0.0194. The molecule has 0 atom stereocenters. The van der Waals surface area contributed by atoms with E-state index in [2.05, 4.69) is 15.2 Å². The first-order valence-corrected chi connectivity index (χ1v) is 13.1. The van der Waals surface area contributed by atoms with Gasteiger partial charge in [-0.15, -0.1) is 0 Å². The maximum absolute atomic E-state index is 12.6. The normalized spacial score (nSPS) is 19.4. The largest absolute Gasteiger partial charge is 0.464 e. The van der Waals surface area contributed by atoms with E-state index in [1.165, 1.54) is 32.8 Å². The summed E-state index contributed by atoms with van der Waals surface area (Å²) >= 11 is 0. The first kappa shape index (κ1) is 23.8. The molecule has 2 aliphatic carbocycles. The second-order valence-corrected chi connectivity index (χ2v) is 10.0. The van der Waals surface area contributed by atoms with Crippen LogP contribution >= 0.6 is 0 Å². The SMILES string of the molecule is COC(=O)c1cc(N2CCC(OC3CCCC3)CC2)c(C(=N)C2CCC2)c(Nc2ccccc2)n1. The van der Waals surface area contributed by atoms with Gasteiger partial charge in [0.25, 0.3) is 0 Å². The number of aromatic nitrogens is 1. The summed E-state index contributed by atoms with van der Waals surface area (Å²) in [7, 11) is 1.38. The van der Waals surface area contributed by atoms with Gasteiger partial charge in [-0.1, -0.05) is 37.5 Å². The van der Waals surface area contributed by atoms with Crippen LogP contribution in [-0.2, 0) is 9.47 Å². The molecular weight excluding hydrogens is 440 g/mol. The zero-order valence-corrected chi connectivity index (χ0v) is 20.6. The third-order valence-electron chi connectivity index (χ3n) is 7.68. The second-order valence-electron chi connectivity index (χ2n) is 10.0. The van der Waals surface area contributed by atoms with Gasteiger partial charge in [0.15, 0.2) is 5.69 Å². The van der Waals surface area contributed by atoms with Gasteiger partial charge in [0.1, 0.15) is 5.82 Å². The van der Waals surface area contributed by atoms with Gasteiger partial charge >= 0.3 is 5.97 Å². The molecule has 2 N–H and O–H groups in total. The van der Waals surface area contributed by atoms with Crippen molar-refractivity contribution < 1.29 is 14.3 Å². The molecule has 0 unspecified atom stereocenters. The molecule has 1 aromatic carbocycles. The molecule has 3 aliphatic rings. The molecule has 0 radical (unpaired) electrons. The van der Waals surface area contributed by atoms with Crippen molar-refractivity contribution in [2.75, 3.05) is 30.4 Å². The van der Waals surface area contributed by atoms with Crippen LogP contribution in [0.3, 0.4) is 0 Å². The van der Waals surface area contributed by atoms with Gasteiger partial charge in [-0.05, 0) is 56.7 Å². The Balaban J connectivity index is 1.47. The highest BCUT2D eigenvalue weighted by Gasteiger charge is 2.32. The summed E-state index contributed by atoms with van der Waals surface area (Å²) in [6.07, 6.45) is 10.7. The molecule has 186 valence electrons. The predicted octanol–water partition coefficient (Wildman–Crippen LogP) is 5.71. The zero-order chi connectivity index (χ0) is 24.2.